The van der Waals surface area contributed by atoms with Crippen LogP contribution < -0.4 is 4.72 Å². The summed E-state index contributed by atoms with van der Waals surface area (Å²) in [4.78, 5) is -0.0486. The molecule has 0 fully saturated rings. The summed E-state index contributed by atoms with van der Waals surface area (Å²) in [6.45, 7) is 2.66. The van der Waals surface area contributed by atoms with Crippen molar-refractivity contribution in [1.82, 2.24) is 4.72 Å². The topological polar surface area (TPSA) is 66.4 Å². The van der Waals surface area contributed by atoms with Gasteiger partial charge in [-0.1, -0.05) is 0 Å². The lowest BCUT2D eigenvalue weighted by Crippen LogP contribution is -2.27. The summed E-state index contributed by atoms with van der Waals surface area (Å²) in [6, 6.07) is 3.87. The smallest absolute Gasteiger partial charge is 0.241 e. The number of hydrogen-bond acceptors (Lipinski definition) is 4. The number of aliphatic hydroxyl groups is 1. The molecule has 1 aromatic heterocycles. The van der Waals surface area contributed by atoms with E-state index in [-0.39, 0.29) is 22.1 Å². The van der Waals surface area contributed by atoms with E-state index < -0.39 is 22.4 Å². The maximum Gasteiger partial charge on any atom is 0.241 e. The van der Waals surface area contributed by atoms with Gasteiger partial charge in [0, 0.05) is 11.6 Å². The lowest BCUT2D eigenvalue weighted by molar-refractivity contribution is 0.275. The third-order valence-corrected chi connectivity index (χ3v) is 5.38. The monoisotopic (exact) mass is 329 g/mol. The molecule has 114 valence electrons. The van der Waals surface area contributed by atoms with Crippen molar-refractivity contribution in [2.24, 2.45) is 0 Å². The van der Waals surface area contributed by atoms with E-state index in [0.717, 1.165) is 11.6 Å². The van der Waals surface area contributed by atoms with Gasteiger partial charge in [-0.2, -0.15) is 11.3 Å². The Bertz CT molecular complexity index is 727. The molecule has 21 heavy (non-hydrogen) atoms. The third kappa shape index (κ3) is 3.49. The van der Waals surface area contributed by atoms with Gasteiger partial charge in [0.2, 0.25) is 10.0 Å². The number of sulfonamides is 1. The first-order chi connectivity index (χ1) is 9.85. The molecule has 0 saturated carbocycles. The fourth-order valence-electron chi connectivity index (χ4n) is 1.97. The average molecular weight is 329 g/mol. The summed E-state index contributed by atoms with van der Waals surface area (Å²) in [5.41, 5.74) is 1.02. The number of aliphatic hydroxyl groups excluding tert-OH is 1. The van der Waals surface area contributed by atoms with E-state index >= 15 is 0 Å². The fraction of sp³-hybridized carbons (Fsp3) is 0.286. The van der Waals surface area contributed by atoms with Crippen LogP contribution >= 0.6 is 11.3 Å². The van der Waals surface area contributed by atoms with Crippen LogP contribution in [0.5, 0.6) is 0 Å². The molecule has 1 heterocycles. The van der Waals surface area contributed by atoms with Gasteiger partial charge in [-0.15, -0.1) is 0 Å². The van der Waals surface area contributed by atoms with E-state index in [2.05, 4.69) is 4.72 Å². The molecule has 0 bridgehead atoms. The molecule has 0 aliphatic rings. The van der Waals surface area contributed by atoms with E-state index in [1.165, 1.54) is 24.3 Å². The summed E-state index contributed by atoms with van der Waals surface area (Å²) in [5.74, 6) is -0.581. The van der Waals surface area contributed by atoms with E-state index in [4.69, 9.17) is 5.11 Å². The van der Waals surface area contributed by atoms with Crippen LogP contribution in [0, 0.1) is 12.7 Å². The molecule has 0 aliphatic heterocycles. The Hall–Kier alpha value is -1.28. The van der Waals surface area contributed by atoms with Gasteiger partial charge < -0.3 is 5.11 Å². The van der Waals surface area contributed by atoms with E-state index in [1.54, 1.807) is 6.92 Å². The minimum absolute atomic E-state index is 0.0291. The third-order valence-electron chi connectivity index (χ3n) is 3.16. The number of halogens is 1. The Balaban J connectivity index is 2.34. The highest BCUT2D eigenvalue weighted by Gasteiger charge is 2.21. The molecular formula is C14H16FNO3S2. The van der Waals surface area contributed by atoms with E-state index in [0.29, 0.717) is 0 Å². The van der Waals surface area contributed by atoms with Crippen LogP contribution in [0.4, 0.5) is 4.39 Å². The molecular weight excluding hydrogens is 313 g/mol. The van der Waals surface area contributed by atoms with Crippen LogP contribution in [0.1, 0.15) is 29.7 Å². The lowest BCUT2D eigenvalue weighted by Gasteiger charge is -2.14. The Kier molecular flexibility index (Phi) is 4.77. The van der Waals surface area contributed by atoms with Crippen LogP contribution in [0.3, 0.4) is 0 Å². The van der Waals surface area contributed by atoms with Crippen LogP contribution in [0.25, 0.3) is 0 Å². The Morgan fingerprint density at radius 1 is 1.43 bits per heavy atom. The molecule has 2 aromatic rings. The zero-order valence-corrected chi connectivity index (χ0v) is 13.3. The van der Waals surface area contributed by atoms with Crippen molar-refractivity contribution in [3.63, 3.8) is 0 Å². The maximum absolute atomic E-state index is 13.7. The second-order valence-electron chi connectivity index (χ2n) is 4.77. The minimum atomic E-state index is -3.78. The highest BCUT2D eigenvalue weighted by molar-refractivity contribution is 7.89. The van der Waals surface area contributed by atoms with E-state index in [1.807, 2.05) is 16.8 Å². The van der Waals surface area contributed by atoms with Crippen molar-refractivity contribution >= 4 is 21.4 Å². The summed E-state index contributed by atoms with van der Waals surface area (Å²) in [5, 5.41) is 12.8. The van der Waals surface area contributed by atoms with Gasteiger partial charge >= 0.3 is 0 Å². The molecule has 0 aliphatic carbocycles. The quantitative estimate of drug-likeness (QED) is 0.886. The number of thiophene rings is 1. The first kappa shape index (κ1) is 16.1. The minimum Gasteiger partial charge on any atom is -0.392 e. The van der Waals surface area contributed by atoms with Crippen LogP contribution in [0.15, 0.2) is 33.9 Å². The van der Waals surface area contributed by atoms with Crippen molar-refractivity contribution in [2.75, 3.05) is 0 Å². The second-order valence-corrected chi connectivity index (χ2v) is 7.27. The number of nitrogens with one attached hydrogen (secondary N) is 1. The zero-order chi connectivity index (χ0) is 15.6. The molecule has 4 nitrogen and oxygen atoms in total. The number of hydrogen-bond donors (Lipinski definition) is 2. The standard InChI is InChI=1S/C14H16FNO3S2/c1-9-5-13(6-12(7-17)14(9)15)21(18,19)16-10(2)11-3-4-20-8-11/h3-6,8,10,16-17H,7H2,1-2H3. The van der Waals surface area contributed by atoms with E-state index in [9.17, 15) is 12.8 Å². The molecule has 7 heteroatoms. The van der Waals surface area contributed by atoms with Gasteiger partial charge in [0.05, 0.1) is 11.5 Å². The predicted octanol–water partition coefficient (Wildman–Crippen LogP) is 2.73. The molecule has 1 aromatic carbocycles. The molecule has 1 atom stereocenters. The Morgan fingerprint density at radius 2 is 2.14 bits per heavy atom. The van der Waals surface area contributed by atoms with Crippen LogP contribution in [-0.2, 0) is 16.6 Å². The molecule has 2 rings (SSSR count). The zero-order valence-electron chi connectivity index (χ0n) is 11.6. The van der Waals surface area contributed by atoms with Crippen LogP contribution in [0.2, 0.25) is 0 Å². The summed E-state index contributed by atoms with van der Waals surface area (Å²) in [7, 11) is -3.78. The molecule has 0 radical (unpaired) electrons. The highest BCUT2D eigenvalue weighted by atomic mass is 32.2. The first-order valence-electron chi connectivity index (χ1n) is 6.29. The molecule has 0 saturated heterocycles. The van der Waals surface area contributed by atoms with Crippen LogP contribution in [-0.4, -0.2) is 13.5 Å². The lowest BCUT2D eigenvalue weighted by atomic mass is 10.1. The van der Waals surface area contributed by atoms with Crippen molar-refractivity contribution in [1.29, 1.82) is 0 Å². The number of benzene rings is 1. The van der Waals surface area contributed by atoms with Crippen molar-refractivity contribution < 1.29 is 17.9 Å². The highest BCUT2D eigenvalue weighted by Crippen LogP contribution is 2.22. The molecule has 1 unspecified atom stereocenters. The Morgan fingerprint density at radius 3 is 2.71 bits per heavy atom. The number of aryl methyl sites for hydroxylation is 1. The van der Waals surface area contributed by atoms with Gasteiger partial charge in [-0.3, -0.25) is 0 Å². The van der Waals surface area contributed by atoms with Gasteiger partial charge in [0.25, 0.3) is 0 Å². The normalized spacial score (nSPS) is 13.3. The summed E-state index contributed by atoms with van der Waals surface area (Å²) in [6.07, 6.45) is 0. The SMILES string of the molecule is Cc1cc(S(=O)(=O)NC(C)c2ccsc2)cc(CO)c1F. The molecule has 2 N–H and O–H groups in total. The summed E-state index contributed by atoms with van der Waals surface area (Å²) < 4.78 is 40.9. The predicted molar refractivity (Wildman–Crippen MR) is 80.1 cm³/mol. The van der Waals surface area contributed by atoms with Gasteiger partial charge in [-0.05, 0) is 53.9 Å². The number of rotatable bonds is 5. The van der Waals surface area contributed by atoms with Gasteiger partial charge in [-0.25, -0.2) is 17.5 Å². The van der Waals surface area contributed by atoms with Gasteiger partial charge in [0.15, 0.2) is 0 Å². The summed E-state index contributed by atoms with van der Waals surface area (Å²) >= 11 is 1.48. The maximum atomic E-state index is 13.7. The first-order valence-corrected chi connectivity index (χ1v) is 8.72. The van der Waals surface area contributed by atoms with Crippen molar-refractivity contribution in [2.45, 2.75) is 31.4 Å². The molecule has 0 spiro atoms. The Labute approximate surface area is 127 Å². The van der Waals surface area contributed by atoms with Gasteiger partial charge in [0.1, 0.15) is 5.82 Å². The van der Waals surface area contributed by atoms with Crippen molar-refractivity contribution in [3.8, 4) is 0 Å². The molecule has 0 amide bonds. The van der Waals surface area contributed by atoms with Crippen molar-refractivity contribution in [3.05, 3.63) is 51.5 Å². The average Bonchev–Trinajstić information content (AvgIpc) is 2.95. The largest absolute Gasteiger partial charge is 0.392 e. The second kappa shape index (κ2) is 6.23. The fourth-order valence-corrected chi connectivity index (χ4v) is 4.09.